The summed E-state index contributed by atoms with van der Waals surface area (Å²) in [6.45, 7) is 16.9. The monoisotopic (exact) mass is 245 g/mol. The number of aliphatic hydroxyl groups excluding tert-OH is 1. The molecular formula is C14H31NO2. The van der Waals surface area contributed by atoms with Gasteiger partial charge in [0.1, 0.15) is 0 Å². The maximum atomic E-state index is 9.98. The van der Waals surface area contributed by atoms with E-state index in [1.54, 1.807) is 0 Å². The highest BCUT2D eigenvalue weighted by atomic mass is 16.5. The third kappa shape index (κ3) is 7.74. The van der Waals surface area contributed by atoms with E-state index in [1.165, 1.54) is 0 Å². The predicted octanol–water partition coefficient (Wildman–Crippen LogP) is 2.53. The number of hydrogen-bond acceptors (Lipinski definition) is 3. The molecule has 0 amide bonds. The van der Waals surface area contributed by atoms with Gasteiger partial charge in [-0.15, -0.1) is 0 Å². The molecule has 2 atom stereocenters. The fourth-order valence-corrected chi connectivity index (χ4v) is 1.67. The van der Waals surface area contributed by atoms with Gasteiger partial charge in [0.25, 0.3) is 0 Å². The summed E-state index contributed by atoms with van der Waals surface area (Å²) in [6, 6.07) is 0.490. The highest BCUT2D eigenvalue weighted by molar-refractivity contribution is 4.73. The van der Waals surface area contributed by atoms with Crippen LogP contribution in [0.3, 0.4) is 0 Å². The molecule has 0 aromatic rings. The molecule has 0 spiro atoms. The van der Waals surface area contributed by atoms with Crippen LogP contribution in [0.15, 0.2) is 0 Å². The maximum Gasteiger partial charge on any atom is 0.0900 e. The zero-order valence-corrected chi connectivity index (χ0v) is 12.7. The third-order valence-corrected chi connectivity index (χ3v) is 3.10. The van der Waals surface area contributed by atoms with Crippen LogP contribution in [-0.4, -0.2) is 47.4 Å². The topological polar surface area (TPSA) is 32.7 Å². The van der Waals surface area contributed by atoms with Gasteiger partial charge in [0.15, 0.2) is 0 Å². The average Bonchev–Trinajstić information content (AvgIpc) is 2.20. The second-order valence-corrected chi connectivity index (χ2v) is 6.15. The summed E-state index contributed by atoms with van der Waals surface area (Å²) in [6.07, 6.45) is -0.407. The van der Waals surface area contributed by atoms with E-state index < -0.39 is 6.10 Å². The van der Waals surface area contributed by atoms with E-state index >= 15 is 0 Å². The normalized spacial score (nSPS) is 16.6. The van der Waals surface area contributed by atoms with E-state index in [2.05, 4.69) is 32.6 Å². The average molecular weight is 245 g/mol. The Morgan fingerprint density at radius 2 is 1.71 bits per heavy atom. The summed E-state index contributed by atoms with van der Waals surface area (Å²) >= 11 is 0. The summed E-state index contributed by atoms with van der Waals surface area (Å²) in [5, 5.41) is 9.98. The Morgan fingerprint density at radius 3 is 2.06 bits per heavy atom. The van der Waals surface area contributed by atoms with Gasteiger partial charge in [-0.2, -0.15) is 0 Å². The first-order valence-corrected chi connectivity index (χ1v) is 6.73. The van der Waals surface area contributed by atoms with Crippen LogP contribution in [0, 0.1) is 5.92 Å². The van der Waals surface area contributed by atoms with Gasteiger partial charge in [0, 0.05) is 12.6 Å². The SMILES string of the molecule is CCN(CC(O)COC(C)(C)C)C(C)C(C)C. The molecule has 0 aliphatic heterocycles. The lowest BCUT2D eigenvalue weighted by atomic mass is 10.0. The Bertz CT molecular complexity index is 199. The minimum atomic E-state index is -0.407. The lowest BCUT2D eigenvalue weighted by molar-refractivity contribution is -0.0593. The smallest absolute Gasteiger partial charge is 0.0900 e. The van der Waals surface area contributed by atoms with Crippen molar-refractivity contribution >= 4 is 0 Å². The quantitative estimate of drug-likeness (QED) is 0.748. The van der Waals surface area contributed by atoms with Crippen LogP contribution in [0.5, 0.6) is 0 Å². The van der Waals surface area contributed by atoms with E-state index in [9.17, 15) is 5.11 Å². The molecule has 0 saturated carbocycles. The van der Waals surface area contributed by atoms with Crippen molar-refractivity contribution in [2.24, 2.45) is 5.92 Å². The Hall–Kier alpha value is -0.120. The maximum absolute atomic E-state index is 9.98. The molecule has 0 rings (SSSR count). The number of ether oxygens (including phenoxy) is 1. The molecule has 104 valence electrons. The number of likely N-dealkylation sites (N-methyl/N-ethyl adjacent to an activating group) is 1. The summed E-state index contributed by atoms with van der Waals surface area (Å²) in [4.78, 5) is 2.31. The fraction of sp³-hybridized carbons (Fsp3) is 1.00. The molecule has 0 aliphatic rings. The van der Waals surface area contributed by atoms with Crippen molar-refractivity contribution < 1.29 is 9.84 Å². The minimum absolute atomic E-state index is 0.179. The van der Waals surface area contributed by atoms with E-state index in [0.717, 1.165) is 6.54 Å². The van der Waals surface area contributed by atoms with E-state index in [1.807, 2.05) is 20.8 Å². The second-order valence-electron chi connectivity index (χ2n) is 6.15. The molecule has 3 heteroatoms. The molecule has 3 nitrogen and oxygen atoms in total. The number of hydrogen-bond donors (Lipinski definition) is 1. The van der Waals surface area contributed by atoms with Gasteiger partial charge in [-0.3, -0.25) is 4.90 Å². The van der Waals surface area contributed by atoms with Gasteiger partial charge in [-0.25, -0.2) is 0 Å². The Morgan fingerprint density at radius 1 is 1.18 bits per heavy atom. The first kappa shape index (κ1) is 16.9. The molecule has 0 bridgehead atoms. The van der Waals surface area contributed by atoms with Crippen molar-refractivity contribution in [1.29, 1.82) is 0 Å². The lowest BCUT2D eigenvalue weighted by Crippen LogP contribution is -2.43. The Kier molecular flexibility index (Phi) is 7.29. The van der Waals surface area contributed by atoms with Crippen LogP contribution in [0.25, 0.3) is 0 Å². The van der Waals surface area contributed by atoms with Crippen LogP contribution in [0.2, 0.25) is 0 Å². The highest BCUT2D eigenvalue weighted by Crippen LogP contribution is 2.12. The Labute approximate surface area is 107 Å². The van der Waals surface area contributed by atoms with Crippen LogP contribution < -0.4 is 0 Å². The molecule has 1 N–H and O–H groups in total. The molecular weight excluding hydrogens is 214 g/mol. The molecule has 0 radical (unpaired) electrons. The van der Waals surface area contributed by atoms with Crippen molar-refractivity contribution in [3.05, 3.63) is 0 Å². The van der Waals surface area contributed by atoms with Gasteiger partial charge in [-0.05, 0) is 40.2 Å². The minimum Gasteiger partial charge on any atom is -0.389 e. The summed E-state index contributed by atoms with van der Waals surface area (Å²) in [5.74, 6) is 0.602. The van der Waals surface area contributed by atoms with Gasteiger partial charge >= 0.3 is 0 Å². The summed E-state index contributed by atoms with van der Waals surface area (Å²) < 4.78 is 5.60. The molecule has 0 saturated heterocycles. The largest absolute Gasteiger partial charge is 0.389 e. The molecule has 0 aliphatic carbocycles. The zero-order chi connectivity index (χ0) is 13.6. The summed E-state index contributed by atoms with van der Waals surface area (Å²) in [7, 11) is 0. The van der Waals surface area contributed by atoms with Crippen molar-refractivity contribution in [1.82, 2.24) is 4.90 Å². The third-order valence-electron chi connectivity index (χ3n) is 3.10. The van der Waals surface area contributed by atoms with Crippen LogP contribution in [0.1, 0.15) is 48.5 Å². The van der Waals surface area contributed by atoms with Gasteiger partial charge in [0.2, 0.25) is 0 Å². The molecule has 0 heterocycles. The molecule has 17 heavy (non-hydrogen) atoms. The molecule has 0 aromatic carbocycles. The number of aliphatic hydroxyl groups is 1. The standard InChI is InChI=1S/C14H31NO2/c1-8-15(12(4)11(2)3)9-13(16)10-17-14(5,6)7/h11-13,16H,8-10H2,1-7H3. The van der Waals surface area contributed by atoms with Crippen molar-refractivity contribution in [3.8, 4) is 0 Å². The van der Waals surface area contributed by atoms with Crippen molar-refractivity contribution in [2.75, 3.05) is 19.7 Å². The second kappa shape index (κ2) is 7.34. The first-order chi connectivity index (χ1) is 7.67. The Balaban J connectivity index is 4.11. The molecule has 2 unspecified atom stereocenters. The van der Waals surface area contributed by atoms with Gasteiger partial charge < -0.3 is 9.84 Å². The van der Waals surface area contributed by atoms with Gasteiger partial charge in [-0.1, -0.05) is 20.8 Å². The summed E-state index contributed by atoms with van der Waals surface area (Å²) in [5.41, 5.74) is -0.179. The van der Waals surface area contributed by atoms with E-state index in [4.69, 9.17) is 4.74 Å². The molecule has 0 fully saturated rings. The van der Waals surface area contributed by atoms with Crippen LogP contribution in [0.4, 0.5) is 0 Å². The van der Waals surface area contributed by atoms with Gasteiger partial charge in [0.05, 0.1) is 18.3 Å². The number of nitrogens with zero attached hydrogens (tertiary/aromatic N) is 1. The molecule has 0 aromatic heterocycles. The van der Waals surface area contributed by atoms with E-state index in [-0.39, 0.29) is 5.60 Å². The number of rotatable bonds is 7. The highest BCUT2D eigenvalue weighted by Gasteiger charge is 2.20. The predicted molar refractivity (Wildman–Crippen MR) is 73.3 cm³/mol. The zero-order valence-electron chi connectivity index (χ0n) is 12.7. The van der Waals surface area contributed by atoms with Crippen molar-refractivity contribution in [3.63, 3.8) is 0 Å². The fourth-order valence-electron chi connectivity index (χ4n) is 1.67. The first-order valence-electron chi connectivity index (χ1n) is 6.73. The van der Waals surface area contributed by atoms with E-state index in [0.29, 0.717) is 25.1 Å². The van der Waals surface area contributed by atoms with Crippen LogP contribution in [-0.2, 0) is 4.74 Å². The lowest BCUT2D eigenvalue weighted by Gasteiger charge is -2.33. The van der Waals surface area contributed by atoms with Crippen LogP contribution >= 0.6 is 0 Å². The van der Waals surface area contributed by atoms with Crippen molar-refractivity contribution in [2.45, 2.75) is 66.2 Å².